The number of hydrogen-bond donors (Lipinski definition) is 1. The third-order valence-corrected chi connectivity index (χ3v) is 5.58. The molecule has 2 rings (SSSR count). The zero-order chi connectivity index (χ0) is 13.9. The van der Waals surface area contributed by atoms with E-state index in [9.17, 15) is 12.8 Å². The predicted octanol–water partition coefficient (Wildman–Crippen LogP) is 1.95. The molecular weight excluding hydrogens is 265 g/mol. The first-order chi connectivity index (χ1) is 9.02. The maximum Gasteiger partial charge on any atom is 0.150 e. The summed E-state index contributed by atoms with van der Waals surface area (Å²) in [5, 5.41) is 3.13. The van der Waals surface area contributed by atoms with Gasteiger partial charge >= 0.3 is 0 Å². The van der Waals surface area contributed by atoms with Crippen LogP contribution < -0.4 is 5.32 Å². The van der Waals surface area contributed by atoms with Crippen molar-refractivity contribution in [3.8, 4) is 0 Å². The van der Waals surface area contributed by atoms with Gasteiger partial charge in [-0.3, -0.25) is 0 Å². The van der Waals surface area contributed by atoms with Gasteiger partial charge in [0.05, 0.1) is 11.5 Å². The number of likely N-dealkylation sites (N-methyl/N-ethyl adjacent to an activating group) is 1. The molecule has 1 N–H and O–H groups in total. The SMILES string of the molecule is CNCC(c1cccc(F)c1)C1CCS(=O)(=O)CC1. The van der Waals surface area contributed by atoms with Crippen molar-refractivity contribution < 1.29 is 12.8 Å². The molecular formula is C14H20FNO2S. The number of halogens is 1. The molecule has 1 saturated heterocycles. The van der Waals surface area contributed by atoms with Crippen molar-refractivity contribution in [2.75, 3.05) is 25.1 Å². The molecule has 1 aliphatic heterocycles. The van der Waals surface area contributed by atoms with E-state index in [1.54, 1.807) is 12.1 Å². The Balaban J connectivity index is 2.17. The lowest BCUT2D eigenvalue weighted by molar-refractivity contribution is 0.375. The van der Waals surface area contributed by atoms with E-state index < -0.39 is 9.84 Å². The van der Waals surface area contributed by atoms with E-state index in [1.807, 2.05) is 13.1 Å². The summed E-state index contributed by atoms with van der Waals surface area (Å²) in [6.45, 7) is 0.744. The fourth-order valence-corrected chi connectivity index (χ4v) is 4.35. The van der Waals surface area contributed by atoms with Gasteiger partial charge in [0.25, 0.3) is 0 Å². The normalized spacial score (nSPS) is 21.2. The summed E-state index contributed by atoms with van der Waals surface area (Å²) >= 11 is 0. The molecule has 1 unspecified atom stereocenters. The Morgan fingerprint density at radius 2 is 2.05 bits per heavy atom. The van der Waals surface area contributed by atoms with Crippen molar-refractivity contribution in [3.63, 3.8) is 0 Å². The van der Waals surface area contributed by atoms with Gasteiger partial charge in [-0.1, -0.05) is 12.1 Å². The summed E-state index contributed by atoms with van der Waals surface area (Å²) in [5.74, 6) is 0.761. The number of nitrogens with one attached hydrogen (secondary N) is 1. The summed E-state index contributed by atoms with van der Waals surface area (Å²) < 4.78 is 36.3. The van der Waals surface area contributed by atoms with Crippen molar-refractivity contribution in [2.24, 2.45) is 5.92 Å². The molecule has 0 amide bonds. The van der Waals surface area contributed by atoms with Crippen LogP contribution >= 0.6 is 0 Å². The quantitative estimate of drug-likeness (QED) is 0.920. The standard InChI is InChI=1S/C14H20FNO2S/c1-16-10-14(12-3-2-4-13(15)9-12)11-5-7-19(17,18)8-6-11/h2-4,9,11,14,16H,5-8,10H2,1H3. The Bertz CT molecular complexity index is 516. The summed E-state index contributed by atoms with van der Waals surface area (Å²) in [4.78, 5) is 0. The van der Waals surface area contributed by atoms with Crippen LogP contribution in [0.3, 0.4) is 0 Å². The van der Waals surface area contributed by atoms with Gasteiger partial charge in [-0.15, -0.1) is 0 Å². The molecule has 1 atom stereocenters. The van der Waals surface area contributed by atoms with Crippen LogP contribution in [0, 0.1) is 11.7 Å². The molecule has 1 fully saturated rings. The van der Waals surface area contributed by atoms with Gasteiger partial charge in [-0.2, -0.15) is 0 Å². The van der Waals surface area contributed by atoms with Gasteiger partial charge in [0.1, 0.15) is 15.7 Å². The maximum atomic E-state index is 13.3. The first-order valence-electron chi connectivity index (χ1n) is 6.62. The first kappa shape index (κ1) is 14.5. The highest BCUT2D eigenvalue weighted by Crippen LogP contribution is 2.33. The van der Waals surface area contributed by atoms with Crippen LogP contribution in [-0.2, 0) is 9.84 Å². The molecule has 5 heteroatoms. The Labute approximate surface area is 114 Å². The van der Waals surface area contributed by atoms with Crippen molar-refractivity contribution >= 4 is 9.84 Å². The molecule has 0 aromatic heterocycles. The van der Waals surface area contributed by atoms with E-state index in [0.29, 0.717) is 18.8 Å². The maximum absolute atomic E-state index is 13.3. The molecule has 1 aromatic rings. The lowest BCUT2D eigenvalue weighted by Crippen LogP contribution is -2.31. The Morgan fingerprint density at radius 1 is 1.37 bits per heavy atom. The van der Waals surface area contributed by atoms with Gasteiger partial charge in [-0.25, -0.2) is 12.8 Å². The minimum absolute atomic E-state index is 0.177. The van der Waals surface area contributed by atoms with Crippen LogP contribution in [0.1, 0.15) is 24.3 Å². The molecule has 3 nitrogen and oxygen atoms in total. The van der Waals surface area contributed by atoms with E-state index in [1.165, 1.54) is 6.07 Å². The van der Waals surface area contributed by atoms with Crippen LogP contribution in [0.4, 0.5) is 4.39 Å². The Morgan fingerprint density at radius 3 is 2.63 bits per heavy atom. The highest BCUT2D eigenvalue weighted by atomic mass is 32.2. The molecule has 1 aliphatic rings. The molecule has 0 aliphatic carbocycles. The van der Waals surface area contributed by atoms with Gasteiger partial charge in [-0.05, 0) is 49.4 Å². The van der Waals surface area contributed by atoms with E-state index in [-0.39, 0.29) is 23.2 Å². The number of hydrogen-bond acceptors (Lipinski definition) is 3. The molecule has 1 aromatic carbocycles. The molecule has 0 saturated carbocycles. The third kappa shape index (κ3) is 3.76. The summed E-state index contributed by atoms with van der Waals surface area (Å²) in [6.07, 6.45) is 1.34. The minimum Gasteiger partial charge on any atom is -0.319 e. The molecule has 0 spiro atoms. The average Bonchev–Trinajstić information content (AvgIpc) is 2.36. The highest BCUT2D eigenvalue weighted by Gasteiger charge is 2.30. The molecule has 0 radical (unpaired) electrons. The number of rotatable bonds is 4. The first-order valence-corrected chi connectivity index (χ1v) is 8.44. The zero-order valence-electron chi connectivity index (χ0n) is 11.1. The van der Waals surface area contributed by atoms with E-state index >= 15 is 0 Å². The van der Waals surface area contributed by atoms with Crippen LogP contribution in [-0.4, -0.2) is 33.5 Å². The minimum atomic E-state index is -2.85. The summed E-state index contributed by atoms with van der Waals surface area (Å²) in [5.41, 5.74) is 0.957. The Hall–Kier alpha value is -0.940. The fourth-order valence-electron chi connectivity index (χ4n) is 2.82. The van der Waals surface area contributed by atoms with Gasteiger partial charge in [0, 0.05) is 6.54 Å². The number of sulfone groups is 1. The van der Waals surface area contributed by atoms with E-state index in [2.05, 4.69) is 5.32 Å². The number of benzene rings is 1. The van der Waals surface area contributed by atoms with Crippen LogP contribution in [0.15, 0.2) is 24.3 Å². The third-order valence-electron chi connectivity index (χ3n) is 3.87. The largest absolute Gasteiger partial charge is 0.319 e. The summed E-state index contributed by atoms with van der Waals surface area (Å²) in [7, 11) is -0.982. The molecule has 0 bridgehead atoms. The lowest BCUT2D eigenvalue weighted by Gasteiger charge is -2.30. The molecule has 106 valence electrons. The topological polar surface area (TPSA) is 46.2 Å². The van der Waals surface area contributed by atoms with E-state index in [0.717, 1.165) is 12.1 Å². The predicted molar refractivity (Wildman–Crippen MR) is 74.4 cm³/mol. The van der Waals surface area contributed by atoms with Gasteiger partial charge in [0.2, 0.25) is 0 Å². The van der Waals surface area contributed by atoms with Crippen molar-refractivity contribution in [2.45, 2.75) is 18.8 Å². The zero-order valence-corrected chi connectivity index (χ0v) is 11.9. The van der Waals surface area contributed by atoms with Crippen molar-refractivity contribution in [1.29, 1.82) is 0 Å². The summed E-state index contributed by atoms with van der Waals surface area (Å²) in [6, 6.07) is 6.64. The van der Waals surface area contributed by atoms with Gasteiger partial charge < -0.3 is 5.32 Å². The molecule has 1 heterocycles. The van der Waals surface area contributed by atoms with Crippen molar-refractivity contribution in [1.82, 2.24) is 5.32 Å². The second-order valence-electron chi connectivity index (χ2n) is 5.21. The van der Waals surface area contributed by atoms with Crippen LogP contribution in [0.5, 0.6) is 0 Å². The highest BCUT2D eigenvalue weighted by molar-refractivity contribution is 7.91. The van der Waals surface area contributed by atoms with Crippen LogP contribution in [0.2, 0.25) is 0 Å². The monoisotopic (exact) mass is 285 g/mol. The van der Waals surface area contributed by atoms with Crippen molar-refractivity contribution in [3.05, 3.63) is 35.6 Å². The second-order valence-corrected chi connectivity index (χ2v) is 7.51. The van der Waals surface area contributed by atoms with Crippen LogP contribution in [0.25, 0.3) is 0 Å². The smallest absolute Gasteiger partial charge is 0.150 e. The average molecular weight is 285 g/mol. The Kier molecular flexibility index (Phi) is 4.58. The second kappa shape index (κ2) is 6.01. The van der Waals surface area contributed by atoms with Gasteiger partial charge in [0.15, 0.2) is 0 Å². The van der Waals surface area contributed by atoms with E-state index in [4.69, 9.17) is 0 Å². The molecule has 19 heavy (non-hydrogen) atoms. The lowest BCUT2D eigenvalue weighted by atomic mass is 9.82. The fraction of sp³-hybridized carbons (Fsp3) is 0.571.